The van der Waals surface area contributed by atoms with E-state index in [9.17, 15) is 0 Å². The minimum atomic E-state index is 0. The van der Waals surface area contributed by atoms with Crippen molar-refractivity contribution in [2.45, 2.75) is 20.0 Å². The molecule has 0 aliphatic rings. The van der Waals surface area contributed by atoms with Crippen LogP contribution >= 0.6 is 35.3 Å². The summed E-state index contributed by atoms with van der Waals surface area (Å²) >= 11 is 1.81. The number of guanidine groups is 1. The summed E-state index contributed by atoms with van der Waals surface area (Å²) in [5.74, 6) is 0.846. The summed E-state index contributed by atoms with van der Waals surface area (Å²) in [6.07, 6.45) is 4.12. The normalized spacial score (nSPS) is 11.0. The van der Waals surface area contributed by atoms with E-state index in [0.717, 1.165) is 25.6 Å². The summed E-state index contributed by atoms with van der Waals surface area (Å²) < 4.78 is 2.14. The number of rotatable bonds is 5. The Labute approximate surface area is 141 Å². The Balaban J connectivity index is 0.00000200. The van der Waals surface area contributed by atoms with Crippen LogP contribution in [-0.2, 0) is 13.1 Å². The Morgan fingerprint density at radius 1 is 1.25 bits per heavy atom. The van der Waals surface area contributed by atoms with Gasteiger partial charge in [-0.15, -0.1) is 35.3 Å². The smallest absolute Gasteiger partial charge is 0.191 e. The van der Waals surface area contributed by atoms with Gasteiger partial charge in [-0.3, -0.25) is 4.99 Å². The summed E-state index contributed by atoms with van der Waals surface area (Å²) in [6, 6.07) is 8.36. The van der Waals surface area contributed by atoms with Crippen molar-refractivity contribution in [1.82, 2.24) is 15.2 Å². The average Bonchev–Trinajstić information content (AvgIpc) is 3.05. The number of nitrogens with zero attached hydrogens (tertiary/aromatic N) is 2. The highest BCUT2D eigenvalue weighted by Gasteiger charge is 2.00. The van der Waals surface area contributed by atoms with Crippen molar-refractivity contribution in [2.75, 3.05) is 13.6 Å². The zero-order chi connectivity index (χ0) is 13.5. The molecule has 20 heavy (non-hydrogen) atoms. The van der Waals surface area contributed by atoms with Crippen LogP contribution in [0.1, 0.15) is 9.75 Å². The Hall–Kier alpha value is -1.02. The van der Waals surface area contributed by atoms with Gasteiger partial charge in [0.1, 0.15) is 0 Å². The summed E-state index contributed by atoms with van der Waals surface area (Å²) in [5.41, 5.74) is 0. The molecule has 2 N–H and O–H groups in total. The first-order valence-electron chi connectivity index (χ1n) is 6.38. The molecule has 0 fully saturated rings. The Bertz CT molecular complexity index is 519. The predicted molar refractivity (Wildman–Crippen MR) is 97.1 cm³/mol. The van der Waals surface area contributed by atoms with Gasteiger partial charge in [-0.05, 0) is 31.2 Å². The minimum Gasteiger partial charge on any atom is -0.355 e. The summed E-state index contributed by atoms with van der Waals surface area (Å²) in [6.45, 7) is 4.74. The molecular weight excluding hydrogens is 383 g/mol. The van der Waals surface area contributed by atoms with Crippen LogP contribution in [0.2, 0.25) is 0 Å². The van der Waals surface area contributed by atoms with Crippen LogP contribution in [-0.4, -0.2) is 24.1 Å². The zero-order valence-electron chi connectivity index (χ0n) is 11.8. The molecule has 0 aromatic carbocycles. The molecule has 0 aliphatic carbocycles. The second kappa shape index (κ2) is 9.02. The number of aromatic nitrogens is 1. The van der Waals surface area contributed by atoms with E-state index < -0.39 is 0 Å². The van der Waals surface area contributed by atoms with Gasteiger partial charge in [-0.25, -0.2) is 0 Å². The third-order valence-corrected chi connectivity index (χ3v) is 3.78. The van der Waals surface area contributed by atoms with Gasteiger partial charge in [0, 0.05) is 42.3 Å². The minimum absolute atomic E-state index is 0. The third kappa shape index (κ3) is 5.54. The first kappa shape index (κ1) is 17.0. The maximum Gasteiger partial charge on any atom is 0.191 e. The van der Waals surface area contributed by atoms with E-state index in [2.05, 4.69) is 51.6 Å². The summed E-state index contributed by atoms with van der Waals surface area (Å²) in [4.78, 5) is 6.88. The number of hydrogen-bond donors (Lipinski definition) is 2. The number of nitrogens with one attached hydrogen (secondary N) is 2. The molecule has 0 spiro atoms. The molecule has 0 bridgehead atoms. The van der Waals surface area contributed by atoms with E-state index >= 15 is 0 Å². The molecule has 110 valence electrons. The van der Waals surface area contributed by atoms with Crippen LogP contribution in [0.15, 0.2) is 41.7 Å². The van der Waals surface area contributed by atoms with Gasteiger partial charge in [0.15, 0.2) is 5.96 Å². The summed E-state index contributed by atoms with van der Waals surface area (Å²) in [5, 5.41) is 6.63. The number of aryl methyl sites for hydroxylation is 1. The molecule has 0 atom stereocenters. The van der Waals surface area contributed by atoms with Crippen LogP contribution in [0.5, 0.6) is 0 Å². The van der Waals surface area contributed by atoms with Crippen LogP contribution in [0, 0.1) is 6.92 Å². The van der Waals surface area contributed by atoms with E-state index in [-0.39, 0.29) is 24.0 Å². The van der Waals surface area contributed by atoms with Crippen molar-refractivity contribution in [3.8, 4) is 0 Å². The van der Waals surface area contributed by atoms with Gasteiger partial charge in [-0.2, -0.15) is 0 Å². The lowest BCUT2D eigenvalue weighted by Gasteiger charge is -2.11. The van der Waals surface area contributed by atoms with Crippen LogP contribution in [0.3, 0.4) is 0 Å². The first-order valence-corrected chi connectivity index (χ1v) is 7.20. The molecule has 0 saturated carbocycles. The third-order valence-electron chi connectivity index (χ3n) is 2.78. The van der Waals surface area contributed by atoms with Crippen molar-refractivity contribution in [1.29, 1.82) is 0 Å². The van der Waals surface area contributed by atoms with Crippen LogP contribution in [0.4, 0.5) is 0 Å². The van der Waals surface area contributed by atoms with Crippen molar-refractivity contribution in [3.05, 3.63) is 46.4 Å². The second-order valence-corrected chi connectivity index (χ2v) is 5.66. The highest BCUT2D eigenvalue weighted by molar-refractivity contribution is 14.0. The highest BCUT2D eigenvalue weighted by atomic mass is 127. The lowest BCUT2D eigenvalue weighted by Crippen LogP contribution is -2.38. The topological polar surface area (TPSA) is 41.4 Å². The van der Waals surface area contributed by atoms with Crippen molar-refractivity contribution in [3.63, 3.8) is 0 Å². The largest absolute Gasteiger partial charge is 0.355 e. The standard InChI is InChI=1S/C14H20N4S.HI/c1-12-5-6-13(19-12)11-17-14(15-2)16-7-10-18-8-3-4-9-18;/h3-6,8-9H,7,10-11H2,1-2H3,(H2,15,16,17);1H. The van der Waals surface area contributed by atoms with E-state index in [4.69, 9.17) is 0 Å². The van der Waals surface area contributed by atoms with Gasteiger partial charge in [-0.1, -0.05) is 0 Å². The van der Waals surface area contributed by atoms with E-state index in [1.807, 2.05) is 23.5 Å². The molecule has 4 nitrogen and oxygen atoms in total. The fraction of sp³-hybridized carbons (Fsp3) is 0.357. The molecular formula is C14H21IN4S. The van der Waals surface area contributed by atoms with Crippen molar-refractivity contribution >= 4 is 41.3 Å². The SMILES string of the molecule is CN=C(NCCn1cccc1)NCc1ccc(C)s1.I. The lowest BCUT2D eigenvalue weighted by molar-refractivity contribution is 0.666. The predicted octanol–water partition coefficient (Wildman–Crippen LogP) is 2.84. The number of hydrogen-bond acceptors (Lipinski definition) is 2. The average molecular weight is 404 g/mol. The van der Waals surface area contributed by atoms with Crippen LogP contribution < -0.4 is 10.6 Å². The molecule has 0 saturated heterocycles. The molecule has 0 unspecified atom stereocenters. The van der Waals surface area contributed by atoms with Crippen molar-refractivity contribution in [2.24, 2.45) is 4.99 Å². The van der Waals surface area contributed by atoms with Gasteiger partial charge in [0.05, 0.1) is 6.54 Å². The lowest BCUT2D eigenvalue weighted by atomic mass is 10.4. The van der Waals surface area contributed by atoms with E-state index in [1.54, 1.807) is 7.05 Å². The molecule has 0 radical (unpaired) electrons. The fourth-order valence-electron chi connectivity index (χ4n) is 1.79. The number of halogens is 1. The molecule has 2 aromatic heterocycles. The fourth-order valence-corrected chi connectivity index (χ4v) is 2.62. The van der Waals surface area contributed by atoms with E-state index in [0.29, 0.717) is 0 Å². The zero-order valence-corrected chi connectivity index (χ0v) is 14.9. The van der Waals surface area contributed by atoms with Crippen molar-refractivity contribution < 1.29 is 0 Å². The van der Waals surface area contributed by atoms with Gasteiger partial charge < -0.3 is 15.2 Å². The van der Waals surface area contributed by atoms with E-state index in [1.165, 1.54) is 9.75 Å². The second-order valence-electron chi connectivity index (χ2n) is 4.29. The first-order chi connectivity index (χ1) is 9.28. The number of thiophene rings is 1. The number of aliphatic imine (C=N–C) groups is 1. The Kier molecular flexibility index (Phi) is 7.68. The Morgan fingerprint density at radius 3 is 2.60 bits per heavy atom. The highest BCUT2D eigenvalue weighted by Crippen LogP contribution is 2.14. The van der Waals surface area contributed by atoms with Gasteiger partial charge in [0.25, 0.3) is 0 Å². The Morgan fingerprint density at radius 2 is 2.00 bits per heavy atom. The van der Waals surface area contributed by atoms with Gasteiger partial charge >= 0.3 is 0 Å². The maximum atomic E-state index is 4.22. The molecule has 0 amide bonds. The maximum absolute atomic E-state index is 4.22. The monoisotopic (exact) mass is 404 g/mol. The molecule has 2 rings (SSSR count). The molecule has 2 aromatic rings. The van der Waals surface area contributed by atoms with Gasteiger partial charge in [0.2, 0.25) is 0 Å². The quantitative estimate of drug-likeness (QED) is 0.457. The molecule has 0 aliphatic heterocycles. The summed E-state index contributed by atoms with van der Waals surface area (Å²) in [7, 11) is 1.80. The molecule has 2 heterocycles. The van der Waals surface area contributed by atoms with Crippen LogP contribution in [0.25, 0.3) is 0 Å². The molecule has 6 heteroatoms.